The van der Waals surface area contributed by atoms with Crippen molar-refractivity contribution in [3.63, 3.8) is 0 Å². The molecule has 0 heterocycles. The molecule has 2 aliphatic carbocycles. The first-order valence-electron chi connectivity index (χ1n) is 7.65. The molecule has 1 aromatic rings. The van der Waals surface area contributed by atoms with Crippen molar-refractivity contribution in [1.82, 2.24) is 0 Å². The Morgan fingerprint density at radius 2 is 1.90 bits per heavy atom. The number of aliphatic hydroxyl groups excluding tert-OH is 1. The summed E-state index contributed by atoms with van der Waals surface area (Å²) >= 11 is 0. The van der Waals surface area contributed by atoms with Crippen molar-refractivity contribution in [2.75, 3.05) is 7.11 Å². The molecule has 3 rings (SSSR count). The van der Waals surface area contributed by atoms with Gasteiger partial charge in [0.15, 0.2) is 11.5 Å². The molecule has 3 heteroatoms. The number of hydrogen-bond donors (Lipinski definition) is 1. The van der Waals surface area contributed by atoms with Crippen molar-refractivity contribution >= 4 is 0 Å². The molecule has 1 N–H and O–H groups in total. The van der Waals surface area contributed by atoms with E-state index in [-0.39, 0.29) is 17.6 Å². The van der Waals surface area contributed by atoms with E-state index in [1.54, 1.807) is 7.11 Å². The van der Waals surface area contributed by atoms with Crippen LogP contribution < -0.4 is 9.47 Å². The van der Waals surface area contributed by atoms with Crippen LogP contribution in [0.15, 0.2) is 18.2 Å². The smallest absolute Gasteiger partial charge is 0.161 e. The van der Waals surface area contributed by atoms with Crippen LogP contribution in [0.2, 0.25) is 0 Å². The fraction of sp³-hybridized carbons (Fsp3) is 0.647. The number of methoxy groups -OCH3 is 1. The molecule has 2 unspecified atom stereocenters. The maximum absolute atomic E-state index is 10.2. The summed E-state index contributed by atoms with van der Waals surface area (Å²) in [5.74, 6) is 1.59. The summed E-state index contributed by atoms with van der Waals surface area (Å²) in [6, 6.07) is 6.02. The lowest BCUT2D eigenvalue weighted by Gasteiger charge is -2.55. The van der Waals surface area contributed by atoms with Gasteiger partial charge in [0.05, 0.1) is 13.2 Å². The van der Waals surface area contributed by atoms with E-state index in [2.05, 4.69) is 0 Å². The van der Waals surface area contributed by atoms with Gasteiger partial charge in [-0.2, -0.15) is 0 Å². The summed E-state index contributed by atoms with van der Waals surface area (Å²) in [7, 11) is 1.67. The predicted molar refractivity (Wildman–Crippen MR) is 78.3 cm³/mol. The highest BCUT2D eigenvalue weighted by Crippen LogP contribution is 2.53. The van der Waals surface area contributed by atoms with Crippen molar-refractivity contribution in [2.24, 2.45) is 5.41 Å². The van der Waals surface area contributed by atoms with Crippen LogP contribution >= 0.6 is 0 Å². The van der Waals surface area contributed by atoms with Crippen LogP contribution in [0.5, 0.6) is 11.5 Å². The average molecular weight is 276 g/mol. The topological polar surface area (TPSA) is 38.7 Å². The van der Waals surface area contributed by atoms with Crippen molar-refractivity contribution in [3.05, 3.63) is 23.8 Å². The van der Waals surface area contributed by atoms with Gasteiger partial charge in [0.25, 0.3) is 0 Å². The van der Waals surface area contributed by atoms with Crippen molar-refractivity contribution in [1.29, 1.82) is 0 Å². The minimum atomic E-state index is -0.191. The molecule has 0 aromatic heterocycles. The maximum atomic E-state index is 10.2. The lowest BCUT2D eigenvalue weighted by molar-refractivity contribution is -0.172. The third-order valence-electron chi connectivity index (χ3n) is 5.12. The highest BCUT2D eigenvalue weighted by Gasteiger charge is 2.56. The Kier molecular flexibility index (Phi) is 3.63. The summed E-state index contributed by atoms with van der Waals surface area (Å²) in [5.41, 5.74) is 1.16. The molecule has 0 bridgehead atoms. The van der Waals surface area contributed by atoms with Crippen LogP contribution in [0, 0.1) is 12.3 Å². The second-order valence-corrected chi connectivity index (χ2v) is 6.31. The normalized spacial score (nSPS) is 27.9. The Morgan fingerprint density at radius 3 is 2.55 bits per heavy atom. The molecule has 3 nitrogen and oxygen atoms in total. The van der Waals surface area contributed by atoms with Gasteiger partial charge in [-0.25, -0.2) is 0 Å². The number of benzene rings is 1. The SMILES string of the molecule is COc1cc(C)ccc1OC1CC(O)C12CCCCC2. The Morgan fingerprint density at radius 1 is 1.15 bits per heavy atom. The fourth-order valence-corrected chi connectivity index (χ4v) is 3.78. The summed E-state index contributed by atoms with van der Waals surface area (Å²) in [4.78, 5) is 0. The third kappa shape index (κ3) is 2.18. The van der Waals surface area contributed by atoms with Gasteiger partial charge in [0.2, 0.25) is 0 Å². The largest absolute Gasteiger partial charge is 0.493 e. The van der Waals surface area contributed by atoms with E-state index < -0.39 is 0 Å². The highest BCUT2D eigenvalue weighted by atomic mass is 16.5. The van der Waals surface area contributed by atoms with Gasteiger partial charge >= 0.3 is 0 Å². The second kappa shape index (κ2) is 5.28. The van der Waals surface area contributed by atoms with Crippen LogP contribution in [0.4, 0.5) is 0 Å². The minimum Gasteiger partial charge on any atom is -0.493 e. The summed E-state index contributed by atoms with van der Waals surface area (Å²) in [5, 5.41) is 10.2. The lowest BCUT2D eigenvalue weighted by atomic mass is 9.56. The zero-order valence-electron chi connectivity index (χ0n) is 12.4. The van der Waals surface area contributed by atoms with E-state index in [0.29, 0.717) is 0 Å². The number of hydrogen-bond acceptors (Lipinski definition) is 3. The summed E-state index contributed by atoms with van der Waals surface area (Å²) < 4.78 is 11.6. The molecular weight excluding hydrogens is 252 g/mol. The van der Waals surface area contributed by atoms with E-state index in [9.17, 15) is 5.11 Å². The minimum absolute atomic E-state index is 0.00581. The van der Waals surface area contributed by atoms with Crippen LogP contribution in [0.3, 0.4) is 0 Å². The second-order valence-electron chi connectivity index (χ2n) is 6.31. The molecule has 0 aliphatic heterocycles. The molecule has 1 aromatic carbocycles. The molecular formula is C17H24O3. The molecule has 0 radical (unpaired) electrons. The maximum Gasteiger partial charge on any atom is 0.161 e. The van der Waals surface area contributed by atoms with Crippen LogP contribution in [0.1, 0.15) is 44.1 Å². The van der Waals surface area contributed by atoms with Crippen molar-refractivity contribution < 1.29 is 14.6 Å². The van der Waals surface area contributed by atoms with Gasteiger partial charge in [0, 0.05) is 11.8 Å². The average Bonchev–Trinajstić information content (AvgIpc) is 2.49. The van der Waals surface area contributed by atoms with E-state index in [1.165, 1.54) is 19.3 Å². The molecule has 2 fully saturated rings. The van der Waals surface area contributed by atoms with E-state index in [0.717, 1.165) is 36.3 Å². The van der Waals surface area contributed by atoms with E-state index >= 15 is 0 Å². The molecule has 110 valence electrons. The highest BCUT2D eigenvalue weighted by molar-refractivity contribution is 5.43. The number of rotatable bonds is 3. The Bertz CT molecular complexity index is 477. The van der Waals surface area contributed by atoms with Crippen molar-refractivity contribution in [3.8, 4) is 11.5 Å². The van der Waals surface area contributed by atoms with E-state index in [1.807, 2.05) is 25.1 Å². The molecule has 20 heavy (non-hydrogen) atoms. The van der Waals surface area contributed by atoms with Crippen molar-refractivity contribution in [2.45, 2.75) is 57.7 Å². The van der Waals surface area contributed by atoms with Gasteiger partial charge in [-0.05, 0) is 37.5 Å². The Balaban J connectivity index is 1.78. The number of aliphatic hydroxyl groups is 1. The monoisotopic (exact) mass is 276 g/mol. The zero-order chi connectivity index (χ0) is 14.2. The van der Waals surface area contributed by atoms with E-state index in [4.69, 9.17) is 9.47 Å². The Labute approximate surface area is 120 Å². The lowest BCUT2D eigenvalue weighted by Crippen LogP contribution is -2.60. The van der Waals surface area contributed by atoms with Gasteiger partial charge in [-0.3, -0.25) is 0 Å². The fourth-order valence-electron chi connectivity index (χ4n) is 3.78. The standard InChI is InChI=1S/C17H24O3/c1-12-6-7-13(14(10-12)19-2)20-16-11-15(18)17(16)8-4-3-5-9-17/h6-7,10,15-16,18H,3-5,8-9,11H2,1-2H3. The molecule has 1 spiro atoms. The molecule has 2 aliphatic rings. The molecule has 0 saturated heterocycles. The predicted octanol–water partition coefficient (Wildman–Crippen LogP) is 3.47. The first-order valence-corrected chi connectivity index (χ1v) is 7.65. The van der Waals surface area contributed by atoms with Gasteiger partial charge in [0.1, 0.15) is 6.10 Å². The van der Waals surface area contributed by atoms with Crippen LogP contribution in [0.25, 0.3) is 0 Å². The van der Waals surface area contributed by atoms with Crippen LogP contribution in [-0.4, -0.2) is 24.4 Å². The number of ether oxygens (including phenoxy) is 2. The molecule has 0 amide bonds. The quantitative estimate of drug-likeness (QED) is 0.918. The van der Waals surface area contributed by atoms with Gasteiger partial charge in [-0.15, -0.1) is 0 Å². The molecule has 2 saturated carbocycles. The molecule has 2 atom stereocenters. The Hall–Kier alpha value is -1.22. The van der Waals surface area contributed by atoms with Gasteiger partial charge in [-0.1, -0.05) is 25.3 Å². The van der Waals surface area contributed by atoms with Gasteiger partial charge < -0.3 is 14.6 Å². The first kappa shape index (κ1) is 13.7. The summed E-state index contributed by atoms with van der Waals surface area (Å²) in [6.07, 6.45) is 6.58. The first-order chi connectivity index (χ1) is 9.65. The van der Waals surface area contributed by atoms with Crippen LogP contribution in [-0.2, 0) is 0 Å². The third-order valence-corrected chi connectivity index (χ3v) is 5.12. The zero-order valence-corrected chi connectivity index (χ0v) is 12.4. The number of aryl methyl sites for hydroxylation is 1. The summed E-state index contributed by atoms with van der Waals surface area (Å²) in [6.45, 7) is 2.04.